The lowest BCUT2D eigenvalue weighted by Crippen LogP contribution is -2.53. The predicted octanol–water partition coefficient (Wildman–Crippen LogP) is -0.844. The molecule has 2 saturated heterocycles. The first-order valence-corrected chi connectivity index (χ1v) is 3.95. The van der Waals surface area contributed by atoms with Gasteiger partial charge in [0.05, 0.1) is 17.7 Å². The summed E-state index contributed by atoms with van der Waals surface area (Å²) in [7, 11) is 5.70. The zero-order chi connectivity index (χ0) is 8.06. The first-order chi connectivity index (χ1) is 5.12. The third-order valence-electron chi connectivity index (χ3n) is 2.61. The van der Waals surface area contributed by atoms with Crippen molar-refractivity contribution in [2.45, 2.75) is 43.1 Å². The fourth-order valence-corrected chi connectivity index (χ4v) is 1.92. The van der Waals surface area contributed by atoms with E-state index in [0.717, 1.165) is 6.42 Å². The molecule has 4 atom stereocenters. The molecule has 4 heteroatoms. The molecule has 0 aliphatic carbocycles. The van der Waals surface area contributed by atoms with E-state index >= 15 is 0 Å². The molecule has 2 heterocycles. The lowest BCUT2D eigenvalue weighted by Gasteiger charge is -2.38. The summed E-state index contributed by atoms with van der Waals surface area (Å²) in [5, 5.41) is 18.7. The van der Waals surface area contributed by atoms with Crippen LogP contribution in [0.2, 0.25) is 0 Å². The Labute approximate surface area is 66.8 Å². The third-order valence-corrected chi connectivity index (χ3v) is 2.61. The summed E-state index contributed by atoms with van der Waals surface area (Å²) in [6.07, 6.45) is 0.446. The maximum absolute atomic E-state index is 9.42. The van der Waals surface area contributed by atoms with Crippen LogP contribution in [0.25, 0.3) is 0 Å². The van der Waals surface area contributed by atoms with Gasteiger partial charge < -0.3 is 14.9 Å². The minimum absolute atomic E-state index is 0.0541. The number of fused-ring (bicyclic) bond motifs is 2. The standard InChI is InChI=1S/C7H11BO3/c8-7-2-1-4(11-7)3-5(9)6(7)10/h4-6,9-10H,1-3H2/t4-,5-,6-,7+/m1/s1. The SMILES string of the molecule is [B][C@]12CC[C@H](C[C@@H](O)[C@H]1O)O2. The maximum Gasteiger partial charge on any atom is 0.117 e. The molecule has 0 spiro atoms. The molecule has 2 aliphatic heterocycles. The van der Waals surface area contributed by atoms with E-state index in [9.17, 15) is 10.2 Å². The number of aliphatic hydroxyl groups is 2. The number of ether oxygens (including phenoxy) is 1. The van der Waals surface area contributed by atoms with Crippen LogP contribution in [0.15, 0.2) is 0 Å². The normalized spacial score (nSPS) is 56.4. The molecule has 2 bridgehead atoms. The molecule has 2 aliphatic rings. The minimum Gasteiger partial charge on any atom is -0.390 e. The molecular formula is C7H11BO3. The average Bonchev–Trinajstić information content (AvgIpc) is 2.27. The number of rotatable bonds is 0. The molecule has 2 fully saturated rings. The van der Waals surface area contributed by atoms with E-state index < -0.39 is 17.7 Å². The van der Waals surface area contributed by atoms with Gasteiger partial charge in [-0.2, -0.15) is 0 Å². The Morgan fingerprint density at radius 2 is 2.18 bits per heavy atom. The first kappa shape index (κ1) is 7.59. The van der Waals surface area contributed by atoms with Crippen molar-refractivity contribution in [1.29, 1.82) is 0 Å². The van der Waals surface area contributed by atoms with E-state index in [-0.39, 0.29) is 6.10 Å². The van der Waals surface area contributed by atoms with Gasteiger partial charge in [-0.1, -0.05) is 0 Å². The summed E-state index contributed by atoms with van der Waals surface area (Å²) in [6.45, 7) is 0. The van der Waals surface area contributed by atoms with Crippen molar-refractivity contribution in [2.24, 2.45) is 0 Å². The fraction of sp³-hybridized carbons (Fsp3) is 1.00. The van der Waals surface area contributed by atoms with Gasteiger partial charge in [0.15, 0.2) is 0 Å². The van der Waals surface area contributed by atoms with E-state index in [2.05, 4.69) is 0 Å². The van der Waals surface area contributed by atoms with Crippen molar-refractivity contribution in [3.05, 3.63) is 0 Å². The summed E-state index contributed by atoms with van der Waals surface area (Å²) in [5.41, 5.74) is -0.970. The predicted molar refractivity (Wildman–Crippen MR) is 39.2 cm³/mol. The summed E-state index contributed by atoms with van der Waals surface area (Å²) >= 11 is 0. The summed E-state index contributed by atoms with van der Waals surface area (Å²) in [6, 6.07) is 0. The molecule has 60 valence electrons. The lowest BCUT2D eigenvalue weighted by molar-refractivity contribution is -0.156. The van der Waals surface area contributed by atoms with Gasteiger partial charge >= 0.3 is 0 Å². The second-order valence-corrected chi connectivity index (χ2v) is 3.48. The molecule has 3 nitrogen and oxygen atoms in total. The van der Waals surface area contributed by atoms with E-state index in [1.807, 2.05) is 0 Å². The zero-order valence-electron chi connectivity index (χ0n) is 6.23. The molecule has 11 heavy (non-hydrogen) atoms. The Morgan fingerprint density at radius 3 is 2.91 bits per heavy atom. The van der Waals surface area contributed by atoms with Crippen LogP contribution in [-0.2, 0) is 4.74 Å². The highest BCUT2D eigenvalue weighted by molar-refractivity contribution is 6.15. The Kier molecular flexibility index (Phi) is 1.53. The van der Waals surface area contributed by atoms with Gasteiger partial charge in [-0.3, -0.25) is 0 Å². The quantitative estimate of drug-likeness (QED) is 0.447. The van der Waals surface area contributed by atoms with Crippen molar-refractivity contribution in [1.82, 2.24) is 0 Å². The third kappa shape index (κ3) is 1.01. The Balaban J connectivity index is 2.21. The molecule has 0 aromatic heterocycles. The molecule has 0 saturated carbocycles. The van der Waals surface area contributed by atoms with E-state index in [4.69, 9.17) is 12.6 Å². The number of aliphatic hydroxyl groups excluding tert-OH is 2. The number of hydrogen-bond acceptors (Lipinski definition) is 3. The van der Waals surface area contributed by atoms with Crippen LogP contribution in [0.3, 0.4) is 0 Å². The molecule has 2 radical (unpaired) electrons. The van der Waals surface area contributed by atoms with Crippen LogP contribution in [0.1, 0.15) is 19.3 Å². The van der Waals surface area contributed by atoms with Crippen LogP contribution in [-0.4, -0.2) is 41.9 Å². The molecule has 0 unspecified atom stereocenters. The highest BCUT2D eigenvalue weighted by Gasteiger charge is 2.49. The van der Waals surface area contributed by atoms with Crippen molar-refractivity contribution >= 4 is 7.85 Å². The maximum atomic E-state index is 9.42. The van der Waals surface area contributed by atoms with Gasteiger partial charge in [-0.25, -0.2) is 0 Å². The van der Waals surface area contributed by atoms with Crippen LogP contribution in [0.4, 0.5) is 0 Å². The van der Waals surface area contributed by atoms with Gasteiger partial charge in [0.25, 0.3) is 0 Å². The summed E-state index contributed by atoms with van der Waals surface area (Å²) in [4.78, 5) is 0. The average molecular weight is 154 g/mol. The first-order valence-electron chi connectivity index (χ1n) is 3.95. The van der Waals surface area contributed by atoms with Gasteiger partial charge in [0.2, 0.25) is 0 Å². The van der Waals surface area contributed by atoms with E-state index in [1.165, 1.54) is 0 Å². The van der Waals surface area contributed by atoms with Crippen LogP contribution >= 0.6 is 0 Å². The van der Waals surface area contributed by atoms with Gasteiger partial charge in [-0.05, 0) is 12.8 Å². The molecule has 0 aromatic carbocycles. The minimum atomic E-state index is -0.970. The highest BCUT2D eigenvalue weighted by atomic mass is 16.5. The second kappa shape index (κ2) is 2.22. The van der Waals surface area contributed by atoms with Gasteiger partial charge in [0, 0.05) is 6.42 Å². The van der Waals surface area contributed by atoms with Crippen LogP contribution in [0, 0.1) is 0 Å². The van der Waals surface area contributed by atoms with E-state index in [0.29, 0.717) is 12.8 Å². The largest absolute Gasteiger partial charge is 0.390 e. The molecule has 2 rings (SSSR count). The number of hydrogen-bond donors (Lipinski definition) is 2. The van der Waals surface area contributed by atoms with Gasteiger partial charge in [0.1, 0.15) is 14.0 Å². The Hall–Kier alpha value is -0.0551. The molecule has 0 aromatic rings. The van der Waals surface area contributed by atoms with Crippen LogP contribution in [0.5, 0.6) is 0 Å². The Bertz CT molecular complexity index is 175. The van der Waals surface area contributed by atoms with Crippen molar-refractivity contribution < 1.29 is 14.9 Å². The summed E-state index contributed by atoms with van der Waals surface area (Å²) < 4.78 is 5.34. The Morgan fingerprint density at radius 1 is 1.45 bits per heavy atom. The summed E-state index contributed by atoms with van der Waals surface area (Å²) in [5.74, 6) is 0. The van der Waals surface area contributed by atoms with Gasteiger partial charge in [-0.15, -0.1) is 0 Å². The lowest BCUT2D eigenvalue weighted by atomic mass is 9.73. The molecule has 0 amide bonds. The van der Waals surface area contributed by atoms with Crippen molar-refractivity contribution in [3.63, 3.8) is 0 Å². The fourth-order valence-electron chi connectivity index (χ4n) is 1.92. The van der Waals surface area contributed by atoms with Crippen molar-refractivity contribution in [3.8, 4) is 0 Å². The molecule has 2 N–H and O–H groups in total. The molecular weight excluding hydrogens is 143 g/mol. The van der Waals surface area contributed by atoms with Crippen LogP contribution < -0.4 is 0 Å². The monoisotopic (exact) mass is 154 g/mol. The van der Waals surface area contributed by atoms with Crippen molar-refractivity contribution in [2.75, 3.05) is 0 Å². The van der Waals surface area contributed by atoms with E-state index in [1.54, 1.807) is 0 Å². The smallest absolute Gasteiger partial charge is 0.117 e. The topological polar surface area (TPSA) is 49.7 Å². The second-order valence-electron chi connectivity index (χ2n) is 3.48. The highest BCUT2D eigenvalue weighted by Crippen LogP contribution is 2.39. The zero-order valence-corrected chi connectivity index (χ0v) is 6.23.